The number of nitrogens with one attached hydrogen (secondary N) is 2. The second-order valence-electron chi connectivity index (χ2n) is 6.38. The Morgan fingerprint density at radius 3 is 2.63 bits per heavy atom. The predicted molar refractivity (Wildman–Crippen MR) is 109 cm³/mol. The molecule has 0 spiro atoms. The average molecular weight is 385 g/mol. The predicted octanol–water partition coefficient (Wildman–Crippen LogP) is 4.56. The molecule has 2 aromatic rings. The molecule has 3 rings (SSSR count). The van der Waals surface area contributed by atoms with Gasteiger partial charge in [-0.1, -0.05) is 25.1 Å². The van der Waals surface area contributed by atoms with Gasteiger partial charge in [-0.25, -0.2) is 0 Å². The standard InChI is InChI=1S/C21H24N2O3S/c1-2-20(24)22-15-7-5-8-16(13-15)23-21(25)18-10-3-4-11-19(18)27-14-17-9-6-12-26-17/h3-5,7-8,10-11,13,17H,2,6,9,12,14H2,1H3,(H,22,24)(H,23,25). The molecule has 2 amide bonds. The van der Waals surface area contributed by atoms with E-state index in [0.29, 0.717) is 23.4 Å². The number of rotatable bonds is 7. The van der Waals surface area contributed by atoms with Crippen LogP contribution in [-0.4, -0.2) is 30.3 Å². The molecule has 142 valence electrons. The molecule has 6 heteroatoms. The fourth-order valence-electron chi connectivity index (χ4n) is 2.86. The van der Waals surface area contributed by atoms with E-state index in [1.54, 1.807) is 36.9 Å². The fraction of sp³-hybridized carbons (Fsp3) is 0.333. The monoisotopic (exact) mass is 384 g/mol. The second kappa shape index (κ2) is 9.58. The van der Waals surface area contributed by atoms with Crippen LogP contribution in [0.1, 0.15) is 36.5 Å². The van der Waals surface area contributed by atoms with Crippen LogP contribution in [0.5, 0.6) is 0 Å². The van der Waals surface area contributed by atoms with Crippen LogP contribution < -0.4 is 10.6 Å². The minimum absolute atomic E-state index is 0.0608. The summed E-state index contributed by atoms with van der Waals surface area (Å²) in [6, 6.07) is 14.8. The highest BCUT2D eigenvalue weighted by Crippen LogP contribution is 2.27. The molecule has 0 bridgehead atoms. The summed E-state index contributed by atoms with van der Waals surface area (Å²) in [6.07, 6.45) is 2.87. The third kappa shape index (κ3) is 5.58. The highest BCUT2D eigenvalue weighted by molar-refractivity contribution is 7.99. The van der Waals surface area contributed by atoms with E-state index in [4.69, 9.17) is 4.74 Å². The van der Waals surface area contributed by atoms with Crippen molar-refractivity contribution in [2.75, 3.05) is 23.0 Å². The summed E-state index contributed by atoms with van der Waals surface area (Å²) in [5.74, 6) is 0.627. The molecule has 1 unspecified atom stereocenters. The molecule has 0 saturated carbocycles. The van der Waals surface area contributed by atoms with Gasteiger partial charge >= 0.3 is 0 Å². The van der Waals surface area contributed by atoms with Gasteiger partial charge in [0.05, 0.1) is 11.7 Å². The highest BCUT2D eigenvalue weighted by Gasteiger charge is 2.18. The van der Waals surface area contributed by atoms with Crippen molar-refractivity contribution in [2.45, 2.75) is 37.2 Å². The number of benzene rings is 2. The fourth-order valence-corrected chi connectivity index (χ4v) is 3.98. The molecule has 1 saturated heterocycles. The number of thioether (sulfide) groups is 1. The lowest BCUT2D eigenvalue weighted by Gasteiger charge is -2.13. The van der Waals surface area contributed by atoms with Crippen molar-refractivity contribution in [3.05, 3.63) is 54.1 Å². The molecule has 1 fully saturated rings. The molecule has 2 N–H and O–H groups in total. The number of carbonyl (C=O) groups excluding carboxylic acids is 2. The molecular weight excluding hydrogens is 360 g/mol. The molecule has 1 aliphatic heterocycles. The molecule has 27 heavy (non-hydrogen) atoms. The number of carbonyl (C=O) groups is 2. The van der Waals surface area contributed by atoms with Crippen LogP contribution >= 0.6 is 11.8 Å². The van der Waals surface area contributed by atoms with Gasteiger partial charge < -0.3 is 15.4 Å². The maximum atomic E-state index is 12.8. The number of hydrogen-bond donors (Lipinski definition) is 2. The van der Waals surface area contributed by atoms with E-state index in [-0.39, 0.29) is 17.9 Å². The normalized spacial score (nSPS) is 16.1. The van der Waals surface area contributed by atoms with Crippen LogP contribution in [0.2, 0.25) is 0 Å². The quantitative estimate of drug-likeness (QED) is 0.687. The van der Waals surface area contributed by atoms with E-state index in [0.717, 1.165) is 30.1 Å². The van der Waals surface area contributed by atoms with Gasteiger partial charge in [-0.05, 0) is 43.2 Å². The van der Waals surface area contributed by atoms with Crippen LogP contribution in [0, 0.1) is 0 Å². The maximum absolute atomic E-state index is 12.8. The van der Waals surface area contributed by atoms with Gasteiger partial charge in [0, 0.05) is 35.1 Å². The first-order valence-electron chi connectivity index (χ1n) is 9.20. The van der Waals surface area contributed by atoms with E-state index in [1.165, 1.54) is 0 Å². The van der Waals surface area contributed by atoms with Gasteiger partial charge in [0.15, 0.2) is 0 Å². The molecule has 1 aliphatic rings. The Labute approximate surface area is 163 Å². The van der Waals surface area contributed by atoms with Gasteiger partial charge in [0.25, 0.3) is 5.91 Å². The third-order valence-electron chi connectivity index (χ3n) is 4.31. The Balaban J connectivity index is 1.67. The summed E-state index contributed by atoms with van der Waals surface area (Å²) >= 11 is 1.65. The van der Waals surface area contributed by atoms with Crippen molar-refractivity contribution in [3.8, 4) is 0 Å². The summed E-state index contributed by atoms with van der Waals surface area (Å²) in [7, 11) is 0. The van der Waals surface area contributed by atoms with Gasteiger partial charge in [-0.2, -0.15) is 0 Å². The van der Waals surface area contributed by atoms with Crippen LogP contribution in [0.4, 0.5) is 11.4 Å². The molecule has 1 heterocycles. The molecule has 2 aromatic carbocycles. The van der Waals surface area contributed by atoms with E-state index in [1.807, 2.05) is 30.3 Å². The van der Waals surface area contributed by atoms with Crippen LogP contribution in [0.25, 0.3) is 0 Å². The minimum atomic E-state index is -0.163. The first kappa shape index (κ1) is 19.5. The van der Waals surface area contributed by atoms with Crippen molar-refractivity contribution in [3.63, 3.8) is 0 Å². The van der Waals surface area contributed by atoms with Gasteiger partial charge in [0.1, 0.15) is 0 Å². The first-order chi connectivity index (χ1) is 13.2. The molecule has 5 nitrogen and oxygen atoms in total. The lowest BCUT2D eigenvalue weighted by atomic mass is 10.2. The van der Waals surface area contributed by atoms with Crippen molar-refractivity contribution < 1.29 is 14.3 Å². The Morgan fingerprint density at radius 1 is 1.11 bits per heavy atom. The summed E-state index contributed by atoms with van der Waals surface area (Å²) < 4.78 is 5.67. The van der Waals surface area contributed by atoms with Crippen molar-refractivity contribution in [1.29, 1.82) is 0 Å². The lowest BCUT2D eigenvalue weighted by Crippen LogP contribution is -2.14. The van der Waals surface area contributed by atoms with Crippen LogP contribution in [0.15, 0.2) is 53.4 Å². The molecular formula is C21H24N2O3S. The smallest absolute Gasteiger partial charge is 0.256 e. The molecule has 1 atom stereocenters. The number of amides is 2. The van der Waals surface area contributed by atoms with Crippen molar-refractivity contribution in [2.24, 2.45) is 0 Å². The van der Waals surface area contributed by atoms with Gasteiger partial charge in [0.2, 0.25) is 5.91 Å². The lowest BCUT2D eigenvalue weighted by molar-refractivity contribution is -0.115. The molecule has 0 aliphatic carbocycles. The second-order valence-corrected chi connectivity index (χ2v) is 7.44. The third-order valence-corrected chi connectivity index (χ3v) is 5.51. The zero-order valence-electron chi connectivity index (χ0n) is 15.4. The Kier molecular flexibility index (Phi) is 6.90. The van der Waals surface area contributed by atoms with E-state index < -0.39 is 0 Å². The zero-order valence-corrected chi connectivity index (χ0v) is 16.2. The minimum Gasteiger partial charge on any atom is -0.377 e. The topological polar surface area (TPSA) is 67.4 Å². The Hall–Kier alpha value is -2.31. The summed E-state index contributed by atoms with van der Waals surface area (Å²) in [5, 5.41) is 5.72. The van der Waals surface area contributed by atoms with Crippen LogP contribution in [0.3, 0.4) is 0 Å². The summed E-state index contributed by atoms with van der Waals surface area (Å²) in [4.78, 5) is 25.3. The van der Waals surface area contributed by atoms with E-state index in [9.17, 15) is 9.59 Å². The Morgan fingerprint density at radius 2 is 1.89 bits per heavy atom. The molecule has 0 radical (unpaired) electrons. The van der Waals surface area contributed by atoms with Gasteiger partial charge in [-0.3, -0.25) is 9.59 Å². The summed E-state index contributed by atoms with van der Waals surface area (Å²) in [6.45, 7) is 2.63. The number of ether oxygens (including phenoxy) is 1. The SMILES string of the molecule is CCC(=O)Nc1cccc(NC(=O)c2ccccc2SCC2CCCO2)c1. The van der Waals surface area contributed by atoms with Crippen molar-refractivity contribution >= 4 is 35.0 Å². The number of hydrogen-bond acceptors (Lipinski definition) is 4. The van der Waals surface area contributed by atoms with E-state index in [2.05, 4.69) is 10.6 Å². The summed E-state index contributed by atoms with van der Waals surface area (Å²) in [5.41, 5.74) is 1.96. The first-order valence-corrected chi connectivity index (χ1v) is 10.2. The van der Waals surface area contributed by atoms with Crippen molar-refractivity contribution in [1.82, 2.24) is 0 Å². The Bertz CT molecular complexity index is 804. The maximum Gasteiger partial charge on any atom is 0.256 e. The number of anilines is 2. The van der Waals surface area contributed by atoms with E-state index >= 15 is 0 Å². The zero-order chi connectivity index (χ0) is 19.1. The molecule has 0 aromatic heterocycles. The van der Waals surface area contributed by atoms with Gasteiger partial charge in [-0.15, -0.1) is 11.8 Å². The largest absolute Gasteiger partial charge is 0.377 e. The van der Waals surface area contributed by atoms with Crippen LogP contribution in [-0.2, 0) is 9.53 Å². The highest BCUT2D eigenvalue weighted by atomic mass is 32.2. The average Bonchev–Trinajstić information content (AvgIpc) is 3.20.